The zero-order chi connectivity index (χ0) is 49.2. The summed E-state index contributed by atoms with van der Waals surface area (Å²) >= 11 is 0. The summed E-state index contributed by atoms with van der Waals surface area (Å²) in [6, 6.07) is 0. The van der Waals surface area contributed by atoms with Gasteiger partial charge in [-0.25, -0.2) is 0 Å². The molecule has 0 aromatic heterocycles. The van der Waals surface area contributed by atoms with Gasteiger partial charge in [-0.1, -0.05) is 273 Å². The van der Waals surface area contributed by atoms with Crippen molar-refractivity contribution in [1.82, 2.24) is 0 Å². The van der Waals surface area contributed by atoms with E-state index in [0.29, 0.717) is 12.8 Å². The smallest absolute Gasteiger partial charge is 0.306 e. The third-order valence-corrected chi connectivity index (χ3v) is 13.0. The molecule has 0 fully saturated rings. The maximum atomic E-state index is 12.3. The van der Waals surface area contributed by atoms with Gasteiger partial charge in [0.15, 0.2) is 6.10 Å². The van der Waals surface area contributed by atoms with E-state index < -0.39 is 6.10 Å². The average Bonchev–Trinajstić information content (AvgIpc) is 3.34. The van der Waals surface area contributed by atoms with Gasteiger partial charge in [0.1, 0.15) is 6.61 Å². The Morgan fingerprint density at radius 3 is 0.971 bits per heavy atom. The number of aliphatic hydroxyl groups is 1. The van der Waals surface area contributed by atoms with Gasteiger partial charge in [-0.3, -0.25) is 9.59 Å². The Labute approximate surface area is 423 Å². The van der Waals surface area contributed by atoms with E-state index in [1.165, 1.54) is 199 Å². The van der Waals surface area contributed by atoms with Crippen molar-refractivity contribution in [2.45, 2.75) is 302 Å². The van der Waals surface area contributed by atoms with Crippen LogP contribution in [0.15, 0.2) is 72.9 Å². The summed E-state index contributed by atoms with van der Waals surface area (Å²) < 4.78 is 10.7. The molecule has 1 unspecified atom stereocenters. The summed E-state index contributed by atoms with van der Waals surface area (Å²) in [6.07, 6.45) is 80.3. The number of unbranched alkanes of at least 4 members (excludes halogenated alkanes) is 34. The molecule has 394 valence electrons. The molecule has 1 N–H and O–H groups in total. The molecule has 0 aliphatic rings. The third-order valence-electron chi connectivity index (χ3n) is 13.0. The maximum Gasteiger partial charge on any atom is 0.306 e. The van der Waals surface area contributed by atoms with Crippen molar-refractivity contribution in [3.05, 3.63) is 72.9 Å². The second kappa shape index (κ2) is 58.7. The first kappa shape index (κ1) is 65.3. The summed E-state index contributed by atoms with van der Waals surface area (Å²) in [5.41, 5.74) is 0. The normalized spacial score (nSPS) is 12.7. The molecule has 68 heavy (non-hydrogen) atoms. The first-order chi connectivity index (χ1) is 33.6. The van der Waals surface area contributed by atoms with Gasteiger partial charge >= 0.3 is 11.9 Å². The fourth-order valence-electron chi connectivity index (χ4n) is 8.58. The highest BCUT2D eigenvalue weighted by Crippen LogP contribution is 2.17. The van der Waals surface area contributed by atoms with Crippen molar-refractivity contribution in [2.75, 3.05) is 13.2 Å². The number of esters is 2. The van der Waals surface area contributed by atoms with Gasteiger partial charge in [0.05, 0.1) is 6.61 Å². The third kappa shape index (κ3) is 55.9. The molecule has 0 aromatic rings. The van der Waals surface area contributed by atoms with Crippen LogP contribution in [-0.2, 0) is 19.1 Å². The van der Waals surface area contributed by atoms with E-state index in [2.05, 4.69) is 86.8 Å². The minimum atomic E-state index is -0.773. The van der Waals surface area contributed by atoms with Crippen LogP contribution in [0.3, 0.4) is 0 Å². The van der Waals surface area contributed by atoms with Crippen molar-refractivity contribution >= 4 is 11.9 Å². The molecule has 0 rings (SSSR count). The Hall–Kier alpha value is -2.66. The van der Waals surface area contributed by atoms with Gasteiger partial charge in [-0.15, -0.1) is 0 Å². The number of allylic oxidation sites excluding steroid dienone is 12. The lowest BCUT2D eigenvalue weighted by molar-refractivity contribution is -0.161. The summed E-state index contributed by atoms with van der Waals surface area (Å²) in [7, 11) is 0. The van der Waals surface area contributed by atoms with Crippen LogP contribution in [-0.4, -0.2) is 36.4 Å². The Morgan fingerprint density at radius 2 is 0.632 bits per heavy atom. The Balaban J connectivity index is 3.44. The Morgan fingerprint density at radius 1 is 0.353 bits per heavy atom. The molecule has 1 atom stereocenters. The summed E-state index contributed by atoms with van der Waals surface area (Å²) in [5.74, 6) is -0.581. The van der Waals surface area contributed by atoms with E-state index in [0.717, 1.165) is 70.6 Å². The number of hydrogen-bond acceptors (Lipinski definition) is 5. The number of ether oxygens (including phenoxy) is 2. The molecule has 0 aliphatic carbocycles. The van der Waals surface area contributed by atoms with E-state index >= 15 is 0 Å². The SMILES string of the molecule is CC/C=C\C/C=C\C/C=C\C/C=C\C/C=C\CCCCCCCCCCCCCCCCCCCCCC(=O)OC(CO)COC(=O)CCCCCCCCCCC/C=C\CCCCCCCC. The monoisotopic (exact) mass is 949 g/mol. The molecule has 5 heteroatoms. The van der Waals surface area contributed by atoms with E-state index in [-0.39, 0.29) is 25.2 Å². The molecule has 0 radical (unpaired) electrons. The largest absolute Gasteiger partial charge is 0.462 e. The number of carbonyl (C=O) groups is 2. The molecule has 0 saturated heterocycles. The fourth-order valence-corrected chi connectivity index (χ4v) is 8.58. The molecule has 0 saturated carbocycles. The summed E-state index contributed by atoms with van der Waals surface area (Å²) in [4.78, 5) is 24.5. The van der Waals surface area contributed by atoms with Crippen LogP contribution >= 0.6 is 0 Å². The fraction of sp³-hybridized carbons (Fsp3) is 0.778. The molecule has 0 amide bonds. The zero-order valence-corrected chi connectivity index (χ0v) is 45.1. The maximum absolute atomic E-state index is 12.3. The molecule has 0 bridgehead atoms. The van der Waals surface area contributed by atoms with Gasteiger partial charge in [0, 0.05) is 12.8 Å². The molecule has 0 aliphatic heterocycles. The van der Waals surface area contributed by atoms with E-state index in [1.807, 2.05) is 0 Å². The van der Waals surface area contributed by atoms with Gasteiger partial charge in [-0.05, 0) is 83.5 Å². The van der Waals surface area contributed by atoms with Crippen LogP contribution in [0.4, 0.5) is 0 Å². The topological polar surface area (TPSA) is 72.8 Å². The second-order valence-electron chi connectivity index (χ2n) is 19.7. The van der Waals surface area contributed by atoms with Crippen LogP contribution in [0.25, 0.3) is 0 Å². The number of rotatable bonds is 54. The van der Waals surface area contributed by atoms with Crippen molar-refractivity contribution in [2.24, 2.45) is 0 Å². The highest BCUT2D eigenvalue weighted by Gasteiger charge is 2.16. The number of carbonyl (C=O) groups excluding carboxylic acids is 2. The molecule has 5 nitrogen and oxygen atoms in total. The first-order valence-electron chi connectivity index (χ1n) is 29.5. The molecule has 0 aromatic carbocycles. The van der Waals surface area contributed by atoms with E-state index in [4.69, 9.17) is 9.47 Å². The molecular formula is C63H112O5. The minimum absolute atomic E-state index is 0.0648. The van der Waals surface area contributed by atoms with Crippen LogP contribution in [0.1, 0.15) is 296 Å². The van der Waals surface area contributed by atoms with Gasteiger partial charge in [0.2, 0.25) is 0 Å². The van der Waals surface area contributed by atoms with Gasteiger partial charge in [0.25, 0.3) is 0 Å². The van der Waals surface area contributed by atoms with Crippen molar-refractivity contribution in [3.63, 3.8) is 0 Å². The summed E-state index contributed by atoms with van der Waals surface area (Å²) in [6.45, 7) is 4.05. The highest BCUT2D eigenvalue weighted by molar-refractivity contribution is 5.70. The Kier molecular flexibility index (Phi) is 56.4. The predicted molar refractivity (Wildman–Crippen MR) is 297 cm³/mol. The van der Waals surface area contributed by atoms with Crippen LogP contribution in [0.2, 0.25) is 0 Å². The zero-order valence-electron chi connectivity index (χ0n) is 45.1. The predicted octanol–water partition coefficient (Wildman–Crippen LogP) is 20.0. The standard InChI is InChI=1S/C63H112O5/c1-3-5-7-9-11-13-15-17-19-21-23-24-25-26-27-28-29-30-31-32-33-34-35-36-37-38-40-42-44-46-48-50-52-54-56-58-63(66)68-61(59-64)60-67-62(65)57-55-53-51-49-47-45-43-41-39-22-20-18-16-14-12-10-8-6-4-2/h5,7,11,13,17-20,23-24,26-27,61,64H,3-4,6,8-10,12,14-16,21-22,25,28-60H2,1-2H3/b7-5-,13-11-,19-17-,20-18-,24-23-,27-26-. The van der Waals surface area contributed by atoms with Crippen LogP contribution in [0.5, 0.6) is 0 Å². The highest BCUT2D eigenvalue weighted by atomic mass is 16.6. The molecule has 0 spiro atoms. The lowest BCUT2D eigenvalue weighted by Gasteiger charge is -2.15. The first-order valence-corrected chi connectivity index (χ1v) is 29.5. The van der Waals surface area contributed by atoms with Crippen molar-refractivity contribution in [1.29, 1.82) is 0 Å². The van der Waals surface area contributed by atoms with E-state index in [1.54, 1.807) is 0 Å². The number of aliphatic hydroxyl groups excluding tert-OH is 1. The molecular weight excluding hydrogens is 837 g/mol. The van der Waals surface area contributed by atoms with Crippen LogP contribution < -0.4 is 0 Å². The summed E-state index contributed by atoms with van der Waals surface area (Å²) in [5, 5.41) is 9.66. The average molecular weight is 950 g/mol. The van der Waals surface area contributed by atoms with Crippen molar-refractivity contribution < 1.29 is 24.2 Å². The van der Waals surface area contributed by atoms with Crippen LogP contribution in [0, 0.1) is 0 Å². The quantitative estimate of drug-likeness (QED) is 0.0374. The van der Waals surface area contributed by atoms with E-state index in [9.17, 15) is 14.7 Å². The van der Waals surface area contributed by atoms with Crippen molar-refractivity contribution in [3.8, 4) is 0 Å². The minimum Gasteiger partial charge on any atom is -0.462 e. The Bertz CT molecular complexity index is 1210. The lowest BCUT2D eigenvalue weighted by atomic mass is 10.0. The lowest BCUT2D eigenvalue weighted by Crippen LogP contribution is -2.28. The van der Waals surface area contributed by atoms with Gasteiger partial charge in [-0.2, -0.15) is 0 Å². The van der Waals surface area contributed by atoms with Gasteiger partial charge < -0.3 is 14.6 Å². The second-order valence-corrected chi connectivity index (χ2v) is 19.7. The number of hydrogen-bond donors (Lipinski definition) is 1. The molecule has 0 heterocycles.